The van der Waals surface area contributed by atoms with Crippen molar-refractivity contribution in [2.45, 2.75) is 39.0 Å². The number of amides is 2. The zero-order chi connectivity index (χ0) is 39.9. The molecule has 3 saturated heterocycles. The van der Waals surface area contributed by atoms with Gasteiger partial charge in [-0.3, -0.25) is 19.4 Å². The lowest BCUT2D eigenvalue weighted by Gasteiger charge is -2.38. The van der Waals surface area contributed by atoms with Crippen molar-refractivity contribution >= 4 is 56.7 Å². The van der Waals surface area contributed by atoms with Gasteiger partial charge >= 0.3 is 0 Å². The molecule has 0 spiro atoms. The minimum Gasteiger partial charge on any atom is -0.507 e. The zero-order valence-corrected chi connectivity index (χ0v) is 33.6. The van der Waals surface area contributed by atoms with Gasteiger partial charge in [-0.25, -0.2) is 19.9 Å². The maximum atomic E-state index is 13.7. The maximum Gasteiger partial charge on any atom is 0.258 e. The summed E-state index contributed by atoms with van der Waals surface area (Å²) in [5, 5.41) is 20.0. The molecule has 0 saturated carbocycles. The molecule has 2 aromatic carbocycles. The fourth-order valence-corrected chi connectivity index (χ4v) is 9.72. The number of rotatable bonds is 8. The predicted molar refractivity (Wildman–Crippen MR) is 221 cm³/mol. The van der Waals surface area contributed by atoms with E-state index in [-0.39, 0.29) is 45.8 Å². The van der Waals surface area contributed by atoms with Gasteiger partial charge < -0.3 is 35.4 Å². The Kier molecular flexibility index (Phi) is 10.8. The number of ether oxygens (including phenoxy) is 1. The maximum absolute atomic E-state index is 13.7. The van der Waals surface area contributed by atoms with E-state index in [0.29, 0.717) is 45.2 Å². The number of aromatic hydroxyl groups is 2. The van der Waals surface area contributed by atoms with Crippen LogP contribution in [0, 0.1) is 5.92 Å². The smallest absolute Gasteiger partial charge is 0.258 e. The van der Waals surface area contributed by atoms with Gasteiger partial charge in [-0.15, -0.1) is 11.3 Å². The summed E-state index contributed by atoms with van der Waals surface area (Å²) in [4.78, 5) is 57.2. The number of piperidine rings is 1. The molecule has 2 amide bonds. The highest BCUT2D eigenvalue weighted by atomic mass is 35.5. The van der Waals surface area contributed by atoms with Gasteiger partial charge in [0.2, 0.25) is 11.9 Å². The molecule has 5 aromatic rings. The van der Waals surface area contributed by atoms with Crippen LogP contribution >= 0.6 is 22.9 Å². The summed E-state index contributed by atoms with van der Waals surface area (Å²) < 4.78 is 6.69. The number of phenolic OH excluding ortho intramolecular Hbond substituents is 2. The first-order chi connectivity index (χ1) is 28.1. The number of nitrogen functional groups attached to an aromatic ring is 1. The Morgan fingerprint density at radius 1 is 0.828 bits per heavy atom. The Hall–Kier alpha value is -5.13. The van der Waals surface area contributed by atoms with Gasteiger partial charge in [-0.05, 0) is 54.8 Å². The quantitative estimate of drug-likeness (QED) is 0.202. The van der Waals surface area contributed by atoms with Crippen LogP contribution in [0.4, 0.5) is 11.8 Å². The Bertz CT molecular complexity index is 2340. The molecular weight excluding hydrogens is 780 g/mol. The second-order valence-electron chi connectivity index (χ2n) is 15.5. The Morgan fingerprint density at radius 2 is 1.55 bits per heavy atom. The number of carbonyl (C=O) groups is 2. The highest BCUT2D eigenvalue weighted by Crippen LogP contribution is 2.37. The topological polar surface area (TPSA) is 178 Å². The van der Waals surface area contributed by atoms with Crippen LogP contribution in [0.5, 0.6) is 11.5 Å². The van der Waals surface area contributed by atoms with Gasteiger partial charge in [-0.2, -0.15) is 0 Å². The van der Waals surface area contributed by atoms with Gasteiger partial charge in [0.15, 0.2) is 11.6 Å². The van der Waals surface area contributed by atoms with Crippen LogP contribution in [-0.2, 0) is 35.7 Å². The fraction of sp³-hybridized carbons (Fsp3) is 0.415. The largest absolute Gasteiger partial charge is 0.507 e. The lowest BCUT2D eigenvalue weighted by Crippen LogP contribution is -2.51. The average molecular weight is 825 g/mol. The van der Waals surface area contributed by atoms with E-state index in [2.05, 4.69) is 53.8 Å². The molecule has 0 bridgehead atoms. The van der Waals surface area contributed by atoms with Crippen molar-refractivity contribution in [3.05, 3.63) is 80.9 Å². The number of nitrogens with two attached hydrogens (primary N) is 1. The normalized spacial score (nSPS) is 18.3. The van der Waals surface area contributed by atoms with E-state index >= 15 is 0 Å². The summed E-state index contributed by atoms with van der Waals surface area (Å²) in [5.41, 5.74) is 10.7. The van der Waals surface area contributed by atoms with Gasteiger partial charge in [0.05, 0.1) is 39.6 Å². The van der Waals surface area contributed by atoms with Crippen molar-refractivity contribution in [1.82, 2.24) is 39.5 Å². The molecule has 58 heavy (non-hydrogen) atoms. The molecule has 3 aromatic heterocycles. The summed E-state index contributed by atoms with van der Waals surface area (Å²) in [7, 11) is 0. The van der Waals surface area contributed by atoms with E-state index in [1.807, 2.05) is 0 Å². The highest BCUT2D eigenvalue weighted by molar-refractivity contribution is 7.19. The lowest BCUT2D eigenvalue weighted by atomic mass is 9.95. The molecule has 0 radical (unpaired) electrons. The SMILES string of the molecule is Nc1ncc(-c2nc(N3CCOCC3)c3sc(CN4CCC(C(=O)N5CCN(Cc6ccc7c(c6)CN(C(=O)c6cc(Cl)c(O)cc6O)C7)CC5)CC4)cc3n2)cn1. The number of hydrogen-bond acceptors (Lipinski definition) is 14. The second-order valence-corrected chi connectivity index (χ2v) is 17.0. The summed E-state index contributed by atoms with van der Waals surface area (Å²) in [5.74, 6) is 1.10. The number of aromatic nitrogens is 4. The molecule has 0 atom stereocenters. The number of nitrogens with zero attached hydrogens (tertiary/aromatic N) is 9. The van der Waals surface area contributed by atoms with Crippen LogP contribution in [0.3, 0.4) is 0 Å². The molecule has 4 aliphatic heterocycles. The molecule has 0 aliphatic carbocycles. The molecular formula is C41H45ClN10O5S. The number of morpholine rings is 1. The lowest BCUT2D eigenvalue weighted by molar-refractivity contribution is -0.139. The number of phenols is 2. The first-order valence-corrected chi connectivity index (χ1v) is 20.9. The van der Waals surface area contributed by atoms with Gasteiger partial charge in [0.1, 0.15) is 11.5 Å². The number of carbonyl (C=O) groups excluding carboxylic acids is 2. The fourth-order valence-electron chi connectivity index (χ4n) is 8.40. The number of fused-ring (bicyclic) bond motifs is 2. The van der Waals surface area contributed by atoms with Crippen LogP contribution in [-0.4, -0.2) is 127 Å². The first kappa shape index (κ1) is 38.4. The second kappa shape index (κ2) is 16.3. The Balaban J connectivity index is 0.768. The number of halogens is 1. The number of benzene rings is 2. The summed E-state index contributed by atoms with van der Waals surface area (Å²) in [6, 6.07) is 10.9. The van der Waals surface area contributed by atoms with E-state index in [9.17, 15) is 19.8 Å². The standard InChI is InChI=1S/C41H45ClN10O5S/c42-32-17-31(34(53)18-35(32)54)40(56)52-22-27-2-1-25(15-28(27)23-52)21-49-7-9-51(10-8-49)39(55)26-3-5-48(6-4-26)24-30-16-33-36(58-30)38(50-11-13-57-14-12-50)47-37(46-33)29-19-44-41(43)45-20-29/h1-2,15-20,26,53-54H,3-14,21-24H2,(H2,43,44,45). The van der Waals surface area contributed by atoms with Crippen LogP contribution in [0.25, 0.3) is 21.6 Å². The molecule has 9 rings (SSSR count). The van der Waals surface area contributed by atoms with E-state index < -0.39 is 0 Å². The third kappa shape index (κ3) is 7.99. The minimum atomic E-state index is -0.338. The third-order valence-electron chi connectivity index (χ3n) is 11.6. The molecule has 3 fully saturated rings. The Labute approximate surface area is 344 Å². The van der Waals surface area contributed by atoms with Crippen LogP contribution in [0.1, 0.15) is 44.8 Å². The predicted octanol–water partition coefficient (Wildman–Crippen LogP) is 4.34. The number of thiophene rings is 1. The molecule has 0 unspecified atom stereocenters. The average Bonchev–Trinajstić information content (AvgIpc) is 3.86. The summed E-state index contributed by atoms with van der Waals surface area (Å²) in [6.07, 6.45) is 5.01. The van der Waals surface area contributed by atoms with Crippen LogP contribution < -0.4 is 10.6 Å². The number of piperazine rings is 1. The van der Waals surface area contributed by atoms with Crippen molar-refractivity contribution in [2.24, 2.45) is 5.92 Å². The molecule has 15 nitrogen and oxygen atoms in total. The van der Waals surface area contributed by atoms with Crippen LogP contribution in [0.15, 0.2) is 48.8 Å². The van der Waals surface area contributed by atoms with Gasteiger partial charge in [-0.1, -0.05) is 29.8 Å². The van der Waals surface area contributed by atoms with E-state index in [1.54, 1.807) is 28.6 Å². The number of hydrogen-bond donors (Lipinski definition) is 3. The molecule has 4 aliphatic rings. The van der Waals surface area contributed by atoms with Crippen molar-refractivity contribution in [2.75, 3.05) is 76.2 Å². The highest BCUT2D eigenvalue weighted by Gasteiger charge is 2.32. The van der Waals surface area contributed by atoms with E-state index in [0.717, 1.165) is 110 Å². The first-order valence-electron chi connectivity index (χ1n) is 19.7. The van der Waals surface area contributed by atoms with Gasteiger partial charge in [0.25, 0.3) is 5.91 Å². The van der Waals surface area contributed by atoms with E-state index in [4.69, 9.17) is 32.0 Å². The Morgan fingerprint density at radius 3 is 2.31 bits per heavy atom. The summed E-state index contributed by atoms with van der Waals surface area (Å²) >= 11 is 7.76. The molecule has 17 heteroatoms. The zero-order valence-electron chi connectivity index (χ0n) is 32.0. The molecule has 7 heterocycles. The molecule has 302 valence electrons. The van der Waals surface area contributed by atoms with Crippen molar-refractivity contribution in [3.63, 3.8) is 0 Å². The third-order valence-corrected chi connectivity index (χ3v) is 13.0. The number of likely N-dealkylation sites (tertiary alicyclic amines) is 1. The number of anilines is 2. The van der Waals surface area contributed by atoms with E-state index in [1.165, 1.54) is 10.9 Å². The molecule has 4 N–H and O–H groups in total. The monoisotopic (exact) mass is 824 g/mol. The van der Waals surface area contributed by atoms with Crippen LogP contribution in [0.2, 0.25) is 5.02 Å². The summed E-state index contributed by atoms with van der Waals surface area (Å²) in [6.45, 7) is 10.0. The minimum absolute atomic E-state index is 0.0178. The van der Waals surface area contributed by atoms with Crippen molar-refractivity contribution < 1.29 is 24.5 Å². The van der Waals surface area contributed by atoms with Gasteiger partial charge in [0, 0.05) is 94.7 Å². The van der Waals surface area contributed by atoms with Crippen molar-refractivity contribution in [1.29, 1.82) is 0 Å². The van der Waals surface area contributed by atoms with Crippen molar-refractivity contribution in [3.8, 4) is 22.9 Å².